The third kappa shape index (κ3) is 3.64. The van der Waals surface area contributed by atoms with Crippen LogP contribution < -0.4 is 11.1 Å². The standard InChI is InChI=1S/C10H20N2O2/c1-8(11)6-9(13)12-10(2)4-3-5-14-7-10/h8H,3-7,11H2,1-2H3,(H,12,13). The largest absolute Gasteiger partial charge is 0.379 e. The van der Waals surface area contributed by atoms with Crippen LogP contribution in [0.2, 0.25) is 0 Å². The van der Waals surface area contributed by atoms with Gasteiger partial charge in [-0.2, -0.15) is 0 Å². The molecule has 0 aromatic carbocycles. The summed E-state index contributed by atoms with van der Waals surface area (Å²) in [4.78, 5) is 11.5. The number of hydrogen-bond acceptors (Lipinski definition) is 3. The molecule has 0 aliphatic carbocycles. The Balaban J connectivity index is 2.37. The van der Waals surface area contributed by atoms with Gasteiger partial charge < -0.3 is 15.8 Å². The second-order valence-corrected chi connectivity index (χ2v) is 4.45. The van der Waals surface area contributed by atoms with E-state index in [0.717, 1.165) is 19.4 Å². The Morgan fingerprint density at radius 3 is 2.93 bits per heavy atom. The smallest absolute Gasteiger partial charge is 0.222 e. The van der Waals surface area contributed by atoms with Gasteiger partial charge in [0.25, 0.3) is 0 Å². The normalized spacial score (nSPS) is 29.6. The van der Waals surface area contributed by atoms with E-state index in [1.54, 1.807) is 0 Å². The second-order valence-electron chi connectivity index (χ2n) is 4.45. The van der Waals surface area contributed by atoms with E-state index in [4.69, 9.17) is 10.5 Å². The number of carbonyl (C=O) groups excluding carboxylic acids is 1. The number of carbonyl (C=O) groups is 1. The first-order valence-electron chi connectivity index (χ1n) is 5.16. The van der Waals surface area contributed by atoms with Gasteiger partial charge in [0.15, 0.2) is 0 Å². The molecule has 14 heavy (non-hydrogen) atoms. The lowest BCUT2D eigenvalue weighted by atomic mass is 9.94. The van der Waals surface area contributed by atoms with Gasteiger partial charge in [0.2, 0.25) is 5.91 Å². The zero-order valence-electron chi connectivity index (χ0n) is 9.01. The molecule has 2 atom stereocenters. The number of ether oxygens (including phenoxy) is 1. The number of hydrogen-bond donors (Lipinski definition) is 2. The predicted molar refractivity (Wildman–Crippen MR) is 54.9 cm³/mol. The molecule has 0 radical (unpaired) electrons. The number of nitrogens with one attached hydrogen (secondary N) is 1. The van der Waals surface area contributed by atoms with Gasteiger partial charge in [-0.3, -0.25) is 4.79 Å². The molecule has 1 aliphatic heterocycles. The molecular weight excluding hydrogens is 180 g/mol. The lowest BCUT2D eigenvalue weighted by molar-refractivity contribution is -0.124. The van der Waals surface area contributed by atoms with Crippen molar-refractivity contribution in [2.75, 3.05) is 13.2 Å². The van der Waals surface area contributed by atoms with Crippen molar-refractivity contribution in [2.24, 2.45) is 5.73 Å². The van der Waals surface area contributed by atoms with Gasteiger partial charge in [-0.15, -0.1) is 0 Å². The molecule has 1 aliphatic rings. The summed E-state index contributed by atoms with van der Waals surface area (Å²) in [5, 5.41) is 2.98. The molecule has 1 saturated heterocycles. The van der Waals surface area contributed by atoms with Gasteiger partial charge in [0.1, 0.15) is 0 Å². The molecule has 82 valence electrons. The summed E-state index contributed by atoms with van der Waals surface area (Å²) in [7, 11) is 0. The molecule has 1 heterocycles. The Morgan fingerprint density at radius 2 is 2.43 bits per heavy atom. The highest BCUT2D eigenvalue weighted by Gasteiger charge is 2.29. The van der Waals surface area contributed by atoms with E-state index in [-0.39, 0.29) is 17.5 Å². The first kappa shape index (κ1) is 11.5. The van der Waals surface area contributed by atoms with E-state index < -0.39 is 0 Å². The molecule has 3 N–H and O–H groups in total. The van der Waals surface area contributed by atoms with Gasteiger partial charge >= 0.3 is 0 Å². The summed E-state index contributed by atoms with van der Waals surface area (Å²) in [6.07, 6.45) is 2.38. The van der Waals surface area contributed by atoms with Crippen molar-refractivity contribution in [3.8, 4) is 0 Å². The van der Waals surface area contributed by atoms with Crippen molar-refractivity contribution in [3.63, 3.8) is 0 Å². The van der Waals surface area contributed by atoms with Crippen LogP contribution in [0.1, 0.15) is 33.1 Å². The van der Waals surface area contributed by atoms with E-state index in [0.29, 0.717) is 13.0 Å². The topological polar surface area (TPSA) is 64.4 Å². The Labute approximate surface area is 85.2 Å². The molecule has 1 fully saturated rings. The lowest BCUT2D eigenvalue weighted by Crippen LogP contribution is -2.52. The van der Waals surface area contributed by atoms with Crippen molar-refractivity contribution in [2.45, 2.75) is 44.7 Å². The fourth-order valence-corrected chi connectivity index (χ4v) is 1.71. The summed E-state index contributed by atoms with van der Waals surface area (Å²) in [5.74, 6) is 0.0213. The van der Waals surface area contributed by atoms with Crippen LogP contribution in [0.5, 0.6) is 0 Å². The lowest BCUT2D eigenvalue weighted by Gasteiger charge is -2.34. The molecular formula is C10H20N2O2. The quantitative estimate of drug-likeness (QED) is 0.693. The zero-order chi connectivity index (χ0) is 10.6. The van der Waals surface area contributed by atoms with Crippen LogP contribution in [0.25, 0.3) is 0 Å². The van der Waals surface area contributed by atoms with Crippen molar-refractivity contribution in [1.29, 1.82) is 0 Å². The van der Waals surface area contributed by atoms with Gasteiger partial charge in [0.05, 0.1) is 12.1 Å². The Bertz CT molecular complexity index is 198. The molecule has 2 unspecified atom stereocenters. The predicted octanol–water partition coefficient (Wildman–Crippen LogP) is 0.409. The summed E-state index contributed by atoms with van der Waals surface area (Å²) in [6.45, 7) is 5.26. The highest BCUT2D eigenvalue weighted by Crippen LogP contribution is 2.18. The fourth-order valence-electron chi connectivity index (χ4n) is 1.71. The van der Waals surface area contributed by atoms with E-state index in [1.807, 2.05) is 13.8 Å². The highest BCUT2D eigenvalue weighted by atomic mass is 16.5. The molecule has 0 aromatic heterocycles. The minimum absolute atomic E-state index is 0.0213. The SMILES string of the molecule is CC(N)CC(=O)NC1(C)CCCOC1. The molecule has 0 aromatic rings. The van der Waals surface area contributed by atoms with Crippen molar-refractivity contribution >= 4 is 5.91 Å². The zero-order valence-corrected chi connectivity index (χ0v) is 9.01. The van der Waals surface area contributed by atoms with Crippen LogP contribution in [0.3, 0.4) is 0 Å². The van der Waals surface area contributed by atoms with Gasteiger partial charge in [-0.05, 0) is 26.7 Å². The number of amides is 1. The molecule has 0 spiro atoms. The summed E-state index contributed by atoms with van der Waals surface area (Å²) >= 11 is 0. The summed E-state index contributed by atoms with van der Waals surface area (Å²) in [5.41, 5.74) is 5.36. The molecule has 4 heteroatoms. The maximum atomic E-state index is 11.5. The summed E-state index contributed by atoms with van der Waals surface area (Å²) in [6, 6.07) is -0.0805. The average molecular weight is 200 g/mol. The van der Waals surface area contributed by atoms with Gasteiger partial charge in [0, 0.05) is 19.1 Å². The monoisotopic (exact) mass is 200 g/mol. The van der Waals surface area contributed by atoms with Gasteiger partial charge in [-0.25, -0.2) is 0 Å². The Hall–Kier alpha value is -0.610. The maximum Gasteiger partial charge on any atom is 0.222 e. The van der Waals surface area contributed by atoms with Crippen molar-refractivity contribution in [3.05, 3.63) is 0 Å². The fraction of sp³-hybridized carbons (Fsp3) is 0.900. The second kappa shape index (κ2) is 4.75. The molecule has 0 bridgehead atoms. The van der Waals surface area contributed by atoms with Gasteiger partial charge in [-0.1, -0.05) is 0 Å². The minimum Gasteiger partial charge on any atom is -0.379 e. The highest BCUT2D eigenvalue weighted by molar-refractivity contribution is 5.77. The van der Waals surface area contributed by atoms with Crippen molar-refractivity contribution in [1.82, 2.24) is 5.32 Å². The third-order valence-corrected chi connectivity index (χ3v) is 2.39. The van der Waals surface area contributed by atoms with E-state index in [2.05, 4.69) is 5.32 Å². The van der Waals surface area contributed by atoms with Crippen LogP contribution in [0.4, 0.5) is 0 Å². The summed E-state index contributed by atoms with van der Waals surface area (Å²) < 4.78 is 5.34. The van der Waals surface area contributed by atoms with Crippen LogP contribution in [0, 0.1) is 0 Å². The molecule has 1 amide bonds. The Morgan fingerprint density at radius 1 is 1.71 bits per heavy atom. The third-order valence-electron chi connectivity index (χ3n) is 2.39. The molecule has 4 nitrogen and oxygen atoms in total. The van der Waals surface area contributed by atoms with Crippen LogP contribution in [-0.2, 0) is 9.53 Å². The first-order valence-corrected chi connectivity index (χ1v) is 5.16. The minimum atomic E-state index is -0.190. The Kier molecular flexibility index (Phi) is 3.89. The average Bonchev–Trinajstić information content (AvgIpc) is 2.02. The van der Waals surface area contributed by atoms with E-state index >= 15 is 0 Å². The molecule has 1 rings (SSSR count). The van der Waals surface area contributed by atoms with Crippen molar-refractivity contribution < 1.29 is 9.53 Å². The maximum absolute atomic E-state index is 11.5. The van der Waals surface area contributed by atoms with E-state index in [1.165, 1.54) is 0 Å². The first-order chi connectivity index (χ1) is 6.52. The van der Waals surface area contributed by atoms with E-state index in [9.17, 15) is 4.79 Å². The number of rotatable bonds is 3. The van der Waals surface area contributed by atoms with Crippen LogP contribution >= 0.6 is 0 Å². The van der Waals surface area contributed by atoms with Crippen LogP contribution in [-0.4, -0.2) is 30.7 Å². The number of nitrogens with two attached hydrogens (primary N) is 1. The van der Waals surface area contributed by atoms with Crippen LogP contribution in [0.15, 0.2) is 0 Å². The molecule has 0 saturated carbocycles.